The molecule has 0 saturated carbocycles. The van der Waals surface area contributed by atoms with Crippen LogP contribution in [0.3, 0.4) is 0 Å². The van der Waals surface area contributed by atoms with E-state index in [0.29, 0.717) is 21.1 Å². The highest BCUT2D eigenvalue weighted by molar-refractivity contribution is 6.45. The number of alkyl carbamates (subject to hydrolysis) is 1. The van der Waals surface area contributed by atoms with Crippen molar-refractivity contribution in [2.24, 2.45) is 0 Å². The fraction of sp³-hybridized carbons (Fsp3) is 0.385. The van der Waals surface area contributed by atoms with E-state index in [9.17, 15) is 14.4 Å². The van der Waals surface area contributed by atoms with E-state index in [4.69, 9.17) is 37.4 Å². The van der Waals surface area contributed by atoms with Crippen molar-refractivity contribution in [2.45, 2.75) is 44.9 Å². The summed E-state index contributed by atoms with van der Waals surface area (Å²) in [5.74, 6) is -1.07. The highest BCUT2D eigenvalue weighted by Crippen LogP contribution is 2.39. The fourth-order valence-electron chi connectivity index (χ4n) is 4.36. The number of hydrogen-bond donors (Lipinski definition) is 1. The number of anilines is 1. The maximum absolute atomic E-state index is 12.7. The number of esters is 2. The van der Waals surface area contributed by atoms with Gasteiger partial charge in [0.15, 0.2) is 0 Å². The molecule has 1 amide bonds. The van der Waals surface area contributed by atoms with Crippen molar-refractivity contribution >= 4 is 57.7 Å². The largest absolute Gasteiger partial charge is 0.467 e. The highest BCUT2D eigenvalue weighted by Gasteiger charge is 2.40. The van der Waals surface area contributed by atoms with E-state index < -0.39 is 35.8 Å². The molecule has 2 aromatic carbocycles. The molecule has 0 aliphatic carbocycles. The molecule has 0 radical (unpaired) electrons. The zero-order valence-corrected chi connectivity index (χ0v) is 22.9. The summed E-state index contributed by atoms with van der Waals surface area (Å²) < 4.78 is 17.6. The molecule has 3 aromatic rings. The zero-order valence-electron chi connectivity index (χ0n) is 21.4. The van der Waals surface area contributed by atoms with Gasteiger partial charge in [0.05, 0.1) is 35.7 Å². The first-order valence-corrected chi connectivity index (χ1v) is 12.6. The van der Waals surface area contributed by atoms with Crippen molar-refractivity contribution in [3.63, 3.8) is 0 Å². The van der Waals surface area contributed by atoms with Crippen molar-refractivity contribution in [2.75, 3.05) is 25.1 Å². The van der Waals surface area contributed by atoms with Crippen LogP contribution in [0, 0.1) is 0 Å². The van der Waals surface area contributed by atoms with Crippen molar-refractivity contribution in [1.82, 2.24) is 14.9 Å². The molecule has 1 saturated heterocycles. The molecular weight excluding hydrogens is 535 g/mol. The van der Waals surface area contributed by atoms with Gasteiger partial charge in [0.2, 0.25) is 0 Å². The minimum absolute atomic E-state index is 0.189. The Balaban J connectivity index is 1.60. The van der Waals surface area contributed by atoms with Gasteiger partial charge < -0.3 is 29.0 Å². The molecule has 0 unspecified atom stereocenters. The van der Waals surface area contributed by atoms with Gasteiger partial charge in [0.1, 0.15) is 24.3 Å². The van der Waals surface area contributed by atoms with Crippen LogP contribution >= 0.6 is 23.2 Å². The Kier molecular flexibility index (Phi) is 8.03. The summed E-state index contributed by atoms with van der Waals surface area (Å²) in [5.41, 5.74) is 0.753. The molecular formula is C26H28Cl2N4O6. The van der Waals surface area contributed by atoms with E-state index in [-0.39, 0.29) is 19.5 Å². The number of carbonyl (C=O) groups is 3. The first-order chi connectivity index (χ1) is 18.0. The molecule has 1 aromatic heterocycles. The number of nitrogens with one attached hydrogen (secondary N) is 1. The predicted octanol–water partition coefficient (Wildman–Crippen LogP) is 4.52. The minimum Gasteiger partial charge on any atom is -0.467 e. The van der Waals surface area contributed by atoms with Gasteiger partial charge in [-0.1, -0.05) is 29.3 Å². The first kappa shape index (κ1) is 27.5. The predicted molar refractivity (Wildman–Crippen MR) is 143 cm³/mol. The number of imidazole rings is 1. The second-order valence-electron chi connectivity index (χ2n) is 9.79. The van der Waals surface area contributed by atoms with Gasteiger partial charge in [0, 0.05) is 35.3 Å². The summed E-state index contributed by atoms with van der Waals surface area (Å²) in [5, 5.41) is 4.68. The highest BCUT2D eigenvalue weighted by atomic mass is 35.5. The Labute approximate surface area is 229 Å². The quantitative estimate of drug-likeness (QED) is 0.344. The second kappa shape index (κ2) is 11.1. The van der Waals surface area contributed by atoms with Crippen LogP contribution in [0.4, 0.5) is 10.5 Å². The molecule has 10 nitrogen and oxygen atoms in total. The molecule has 1 aliphatic rings. The summed E-state index contributed by atoms with van der Waals surface area (Å²) in [6.07, 6.45) is 3.85. The Morgan fingerprint density at radius 1 is 1.16 bits per heavy atom. The molecule has 2 heterocycles. The standard InChI is InChI=1S/C26H28Cl2N4O6/c1-26(2,3)38-22(33)12-30-25(35)37-16-11-21(24(34)36-4)32(13-16)15-9-18-17(5-6-19(27)23(18)28)20(10-15)31-8-7-29-14-31/h5-10,14,16,21H,11-13H2,1-4H3,(H,30,35)/t16-,21-/m0/s1. The van der Waals surface area contributed by atoms with Crippen LogP contribution in [-0.2, 0) is 23.8 Å². The monoisotopic (exact) mass is 562 g/mol. The number of hydrogen-bond acceptors (Lipinski definition) is 8. The van der Waals surface area contributed by atoms with E-state index >= 15 is 0 Å². The third-order valence-electron chi connectivity index (χ3n) is 5.91. The second-order valence-corrected chi connectivity index (χ2v) is 10.6. The van der Waals surface area contributed by atoms with Crippen molar-refractivity contribution in [1.29, 1.82) is 0 Å². The summed E-state index contributed by atoms with van der Waals surface area (Å²) in [7, 11) is 1.30. The number of rotatable bonds is 6. The summed E-state index contributed by atoms with van der Waals surface area (Å²) in [4.78, 5) is 43.0. The van der Waals surface area contributed by atoms with Gasteiger partial charge in [-0.05, 0) is 39.0 Å². The number of aromatic nitrogens is 2. The van der Waals surface area contributed by atoms with E-state index in [1.807, 2.05) is 22.8 Å². The van der Waals surface area contributed by atoms with Crippen molar-refractivity contribution in [3.8, 4) is 5.69 Å². The van der Waals surface area contributed by atoms with Crippen LogP contribution in [0.5, 0.6) is 0 Å². The molecule has 0 spiro atoms. The van der Waals surface area contributed by atoms with Crippen molar-refractivity contribution < 1.29 is 28.6 Å². The number of carbonyl (C=O) groups excluding carboxylic acids is 3. The number of amides is 1. The lowest BCUT2D eigenvalue weighted by Gasteiger charge is -2.26. The molecule has 202 valence electrons. The molecule has 4 rings (SSSR count). The van der Waals surface area contributed by atoms with Crippen LogP contribution in [0.25, 0.3) is 16.5 Å². The normalized spacial score (nSPS) is 17.4. The van der Waals surface area contributed by atoms with Crippen LogP contribution < -0.4 is 10.2 Å². The lowest BCUT2D eigenvalue weighted by atomic mass is 10.1. The van der Waals surface area contributed by atoms with E-state index in [1.165, 1.54) is 7.11 Å². The molecule has 2 atom stereocenters. The number of ether oxygens (including phenoxy) is 3. The Bertz CT molecular complexity index is 1360. The molecule has 1 fully saturated rings. The Morgan fingerprint density at radius 2 is 1.92 bits per heavy atom. The molecule has 12 heteroatoms. The van der Waals surface area contributed by atoms with Crippen LogP contribution in [0.15, 0.2) is 43.0 Å². The third-order valence-corrected chi connectivity index (χ3v) is 6.73. The summed E-state index contributed by atoms with van der Waals surface area (Å²) in [6.45, 7) is 5.05. The van der Waals surface area contributed by atoms with Gasteiger partial charge in [-0.25, -0.2) is 14.6 Å². The molecule has 1 aliphatic heterocycles. The lowest BCUT2D eigenvalue weighted by molar-refractivity contribution is -0.153. The van der Waals surface area contributed by atoms with Gasteiger partial charge in [-0.2, -0.15) is 0 Å². The van der Waals surface area contributed by atoms with Crippen LogP contribution in [0.1, 0.15) is 27.2 Å². The van der Waals surface area contributed by atoms with E-state index in [1.54, 1.807) is 50.5 Å². The fourth-order valence-corrected chi connectivity index (χ4v) is 4.75. The smallest absolute Gasteiger partial charge is 0.407 e. The lowest BCUT2D eigenvalue weighted by Crippen LogP contribution is -2.37. The van der Waals surface area contributed by atoms with Crippen molar-refractivity contribution in [3.05, 3.63) is 53.0 Å². The van der Waals surface area contributed by atoms with Gasteiger partial charge >= 0.3 is 18.0 Å². The van der Waals surface area contributed by atoms with Gasteiger partial charge in [-0.3, -0.25) is 4.79 Å². The average molecular weight is 563 g/mol. The molecule has 0 bridgehead atoms. The molecule has 1 N–H and O–H groups in total. The number of halogens is 2. The van der Waals surface area contributed by atoms with Gasteiger partial charge in [-0.15, -0.1) is 0 Å². The zero-order chi connectivity index (χ0) is 27.6. The number of nitrogens with zero attached hydrogens (tertiary/aromatic N) is 3. The van der Waals surface area contributed by atoms with Crippen LogP contribution in [0.2, 0.25) is 10.0 Å². The Morgan fingerprint density at radius 3 is 2.58 bits per heavy atom. The number of methoxy groups -OCH3 is 1. The topological polar surface area (TPSA) is 112 Å². The van der Waals surface area contributed by atoms with E-state index in [0.717, 1.165) is 11.1 Å². The first-order valence-electron chi connectivity index (χ1n) is 11.9. The van der Waals surface area contributed by atoms with E-state index in [2.05, 4.69) is 10.3 Å². The SMILES string of the molecule is COC(=O)[C@@H]1C[C@H](OC(=O)NCC(=O)OC(C)(C)C)CN1c1cc(-n2ccnc2)c2ccc(Cl)c(Cl)c2c1. The Hall–Kier alpha value is -3.50. The average Bonchev–Trinajstić information content (AvgIpc) is 3.53. The minimum atomic E-state index is -0.793. The third kappa shape index (κ3) is 6.14. The molecule has 38 heavy (non-hydrogen) atoms. The maximum atomic E-state index is 12.7. The maximum Gasteiger partial charge on any atom is 0.407 e. The summed E-state index contributed by atoms with van der Waals surface area (Å²) >= 11 is 12.9. The van der Waals surface area contributed by atoms with Gasteiger partial charge in [0.25, 0.3) is 0 Å². The number of fused-ring (bicyclic) bond motifs is 1. The van der Waals surface area contributed by atoms with Crippen LogP contribution in [-0.4, -0.2) is 65.5 Å². The summed E-state index contributed by atoms with van der Waals surface area (Å²) in [6, 6.07) is 6.60. The number of benzene rings is 2.